The first kappa shape index (κ1) is 16.1. The lowest BCUT2D eigenvalue weighted by atomic mass is 9.82. The lowest BCUT2D eigenvalue weighted by Crippen LogP contribution is -2.26. The average molecular weight is 367 g/mol. The highest BCUT2D eigenvalue weighted by Crippen LogP contribution is 2.44. The SMILES string of the molecule is N#CC1=C(N)Oc2c(c(=O)oc3ccccc23)[C@@H]1c1ccnc2ccccc12. The number of hydrogen-bond donors (Lipinski definition) is 1. The average Bonchev–Trinajstić information content (AvgIpc) is 2.72. The summed E-state index contributed by atoms with van der Waals surface area (Å²) in [6, 6.07) is 18.5. The first-order chi connectivity index (χ1) is 13.7. The van der Waals surface area contributed by atoms with E-state index >= 15 is 0 Å². The Balaban J connectivity index is 1.92. The fourth-order valence-electron chi connectivity index (χ4n) is 3.75. The van der Waals surface area contributed by atoms with Gasteiger partial charge < -0.3 is 14.9 Å². The summed E-state index contributed by atoms with van der Waals surface area (Å²) in [5.41, 5.74) is 7.89. The summed E-state index contributed by atoms with van der Waals surface area (Å²) in [5, 5.41) is 11.2. The van der Waals surface area contributed by atoms with Gasteiger partial charge in [0.05, 0.1) is 22.4 Å². The maximum Gasteiger partial charge on any atom is 0.344 e. The molecule has 0 spiro atoms. The standard InChI is InChI=1S/C22H13N3O3/c23-11-15-18(13-9-10-25-16-7-3-1-5-12(13)16)19-20(28-21(15)24)14-6-2-4-8-17(14)27-22(19)26/h1-10,18H,24H2/t18-/m1/s1. The van der Waals surface area contributed by atoms with Crippen LogP contribution in [0.2, 0.25) is 0 Å². The summed E-state index contributed by atoms with van der Waals surface area (Å²) in [4.78, 5) is 17.3. The van der Waals surface area contributed by atoms with Gasteiger partial charge in [0.2, 0.25) is 5.88 Å². The highest BCUT2D eigenvalue weighted by Gasteiger charge is 2.36. The summed E-state index contributed by atoms with van der Waals surface area (Å²) in [6.07, 6.45) is 1.65. The zero-order chi connectivity index (χ0) is 19.3. The minimum atomic E-state index is -0.706. The van der Waals surface area contributed by atoms with Crippen LogP contribution in [0.3, 0.4) is 0 Å². The van der Waals surface area contributed by atoms with Crippen molar-refractivity contribution in [3.05, 3.63) is 93.8 Å². The van der Waals surface area contributed by atoms with E-state index in [9.17, 15) is 10.1 Å². The number of nitrogens with two attached hydrogens (primary N) is 1. The summed E-state index contributed by atoms with van der Waals surface area (Å²) in [7, 11) is 0. The highest BCUT2D eigenvalue weighted by molar-refractivity contribution is 5.88. The van der Waals surface area contributed by atoms with Gasteiger partial charge in [-0.25, -0.2) is 4.79 Å². The molecule has 1 aliphatic heterocycles. The number of allylic oxidation sites excluding steroid dienone is 1. The monoisotopic (exact) mass is 367 g/mol. The Labute approximate surface area is 159 Å². The molecular weight excluding hydrogens is 354 g/mol. The van der Waals surface area contributed by atoms with Crippen molar-refractivity contribution in [3.8, 4) is 11.8 Å². The van der Waals surface area contributed by atoms with Crippen LogP contribution in [0.25, 0.3) is 21.9 Å². The summed E-state index contributed by atoms with van der Waals surface area (Å²) < 4.78 is 11.3. The number of aromatic nitrogens is 1. The van der Waals surface area contributed by atoms with E-state index in [-0.39, 0.29) is 17.0 Å². The molecule has 0 saturated heterocycles. The molecule has 2 N–H and O–H groups in total. The van der Waals surface area contributed by atoms with Gasteiger partial charge in [0.25, 0.3) is 0 Å². The third kappa shape index (κ3) is 2.20. The Kier molecular flexibility index (Phi) is 3.43. The van der Waals surface area contributed by atoms with E-state index < -0.39 is 11.5 Å². The molecule has 1 aliphatic rings. The van der Waals surface area contributed by atoms with Crippen LogP contribution in [0, 0.1) is 11.3 Å². The fraction of sp³-hybridized carbons (Fsp3) is 0.0455. The van der Waals surface area contributed by atoms with Gasteiger partial charge >= 0.3 is 5.63 Å². The number of rotatable bonds is 1. The number of ether oxygens (including phenoxy) is 1. The lowest BCUT2D eigenvalue weighted by molar-refractivity contribution is 0.388. The minimum absolute atomic E-state index is 0.0170. The van der Waals surface area contributed by atoms with Crippen molar-refractivity contribution in [2.45, 2.75) is 5.92 Å². The molecule has 0 saturated carbocycles. The van der Waals surface area contributed by atoms with Crippen LogP contribution in [0.15, 0.2) is 81.5 Å². The molecular formula is C22H13N3O3. The van der Waals surface area contributed by atoms with E-state index in [0.29, 0.717) is 16.7 Å². The summed E-state index contributed by atoms with van der Waals surface area (Å²) in [5.74, 6) is -0.395. The van der Waals surface area contributed by atoms with Gasteiger partial charge in [0.15, 0.2) is 5.75 Å². The Morgan fingerprint density at radius 2 is 1.79 bits per heavy atom. The molecule has 0 amide bonds. The first-order valence-electron chi connectivity index (χ1n) is 8.66. The molecule has 5 rings (SSSR count). The Bertz CT molecular complexity index is 1390. The predicted molar refractivity (Wildman–Crippen MR) is 104 cm³/mol. The zero-order valence-electron chi connectivity index (χ0n) is 14.5. The van der Waals surface area contributed by atoms with Crippen LogP contribution in [0.4, 0.5) is 0 Å². The molecule has 0 bridgehead atoms. The van der Waals surface area contributed by atoms with Crippen molar-refractivity contribution in [1.29, 1.82) is 5.26 Å². The highest BCUT2D eigenvalue weighted by atomic mass is 16.5. The van der Waals surface area contributed by atoms with Crippen molar-refractivity contribution in [1.82, 2.24) is 4.98 Å². The number of nitrogens with zero attached hydrogens (tertiary/aromatic N) is 2. The molecule has 4 aromatic rings. The van der Waals surface area contributed by atoms with Crippen molar-refractivity contribution in [2.75, 3.05) is 0 Å². The molecule has 0 unspecified atom stereocenters. The van der Waals surface area contributed by atoms with E-state index in [0.717, 1.165) is 16.5 Å². The van der Waals surface area contributed by atoms with Gasteiger partial charge in [0.1, 0.15) is 17.2 Å². The van der Waals surface area contributed by atoms with Gasteiger partial charge in [0, 0.05) is 11.6 Å². The molecule has 0 radical (unpaired) electrons. The Morgan fingerprint density at radius 1 is 1.04 bits per heavy atom. The van der Waals surface area contributed by atoms with E-state index in [1.54, 1.807) is 30.5 Å². The van der Waals surface area contributed by atoms with Gasteiger partial charge in [-0.1, -0.05) is 30.3 Å². The van der Waals surface area contributed by atoms with E-state index in [4.69, 9.17) is 14.9 Å². The molecule has 1 atom stereocenters. The van der Waals surface area contributed by atoms with Gasteiger partial charge in [-0.3, -0.25) is 4.98 Å². The maximum absolute atomic E-state index is 12.9. The normalized spacial score (nSPS) is 15.9. The zero-order valence-corrected chi connectivity index (χ0v) is 14.5. The number of hydrogen-bond acceptors (Lipinski definition) is 6. The Hall–Kier alpha value is -4.11. The fourth-order valence-corrected chi connectivity index (χ4v) is 3.75. The van der Waals surface area contributed by atoms with Crippen LogP contribution in [0.1, 0.15) is 17.0 Å². The van der Waals surface area contributed by atoms with Crippen LogP contribution >= 0.6 is 0 Å². The van der Waals surface area contributed by atoms with Crippen LogP contribution in [-0.2, 0) is 0 Å². The maximum atomic E-state index is 12.9. The minimum Gasteiger partial charge on any atom is -0.439 e. The topological polar surface area (TPSA) is 102 Å². The Morgan fingerprint density at radius 3 is 2.61 bits per heavy atom. The van der Waals surface area contributed by atoms with Crippen LogP contribution < -0.4 is 16.1 Å². The molecule has 2 aromatic carbocycles. The number of fused-ring (bicyclic) bond motifs is 4. The molecule has 28 heavy (non-hydrogen) atoms. The molecule has 3 heterocycles. The van der Waals surface area contributed by atoms with Crippen LogP contribution in [0.5, 0.6) is 5.75 Å². The quantitative estimate of drug-likeness (QED) is 0.516. The second kappa shape index (κ2) is 5.96. The number of pyridine rings is 1. The van der Waals surface area contributed by atoms with Gasteiger partial charge in [-0.2, -0.15) is 5.26 Å². The molecule has 134 valence electrons. The van der Waals surface area contributed by atoms with Crippen molar-refractivity contribution >= 4 is 21.9 Å². The number of nitriles is 1. The van der Waals surface area contributed by atoms with E-state index in [1.807, 2.05) is 30.3 Å². The second-order valence-corrected chi connectivity index (χ2v) is 6.47. The summed E-state index contributed by atoms with van der Waals surface area (Å²) in [6.45, 7) is 0. The number of para-hydroxylation sites is 2. The lowest BCUT2D eigenvalue weighted by Gasteiger charge is -2.26. The van der Waals surface area contributed by atoms with Crippen molar-refractivity contribution in [2.24, 2.45) is 5.73 Å². The molecule has 6 heteroatoms. The summed E-state index contributed by atoms with van der Waals surface area (Å²) >= 11 is 0. The van der Waals surface area contributed by atoms with Gasteiger partial charge in [-0.15, -0.1) is 0 Å². The third-order valence-electron chi connectivity index (χ3n) is 4.97. The smallest absolute Gasteiger partial charge is 0.344 e. The van der Waals surface area contributed by atoms with Gasteiger partial charge in [-0.05, 0) is 29.8 Å². The first-order valence-corrected chi connectivity index (χ1v) is 8.66. The molecule has 0 aliphatic carbocycles. The molecule has 2 aromatic heterocycles. The largest absolute Gasteiger partial charge is 0.439 e. The third-order valence-corrected chi connectivity index (χ3v) is 4.97. The predicted octanol–water partition coefficient (Wildman–Crippen LogP) is 3.56. The van der Waals surface area contributed by atoms with Crippen molar-refractivity contribution in [3.63, 3.8) is 0 Å². The van der Waals surface area contributed by atoms with E-state index in [2.05, 4.69) is 11.1 Å². The second-order valence-electron chi connectivity index (χ2n) is 6.47. The molecule has 6 nitrogen and oxygen atoms in total. The molecule has 0 fully saturated rings. The van der Waals surface area contributed by atoms with Crippen LogP contribution in [-0.4, -0.2) is 4.98 Å². The number of benzene rings is 2. The van der Waals surface area contributed by atoms with Crippen molar-refractivity contribution < 1.29 is 9.15 Å². The van der Waals surface area contributed by atoms with E-state index in [1.165, 1.54) is 0 Å².